The summed E-state index contributed by atoms with van der Waals surface area (Å²) in [4.78, 5) is 40.7. The zero-order valence-corrected chi connectivity index (χ0v) is 17.7. The Kier molecular flexibility index (Phi) is 6.54. The summed E-state index contributed by atoms with van der Waals surface area (Å²) in [5.74, 6) is -1.83. The number of nitrogens with zero attached hydrogens (tertiary/aromatic N) is 2. The van der Waals surface area contributed by atoms with Crippen LogP contribution in [0, 0.1) is 6.92 Å². The van der Waals surface area contributed by atoms with E-state index in [2.05, 4.69) is 10.3 Å². The molecule has 3 rings (SSSR count). The van der Waals surface area contributed by atoms with Crippen LogP contribution in [-0.2, 0) is 22.3 Å². The van der Waals surface area contributed by atoms with Gasteiger partial charge in [-0.1, -0.05) is 11.6 Å². The third-order valence-corrected chi connectivity index (χ3v) is 4.79. The van der Waals surface area contributed by atoms with Crippen LogP contribution in [0.2, 0.25) is 5.02 Å². The SMILES string of the molecule is CCn1c(=O)c(C)nc2cc(C(=O)OCC(=O)Nc3ccc(Cl)cc3C(F)(F)F)ccc21. The normalized spacial score (nSPS) is 11.4. The number of amides is 1. The number of hydrogen-bond donors (Lipinski definition) is 1. The van der Waals surface area contributed by atoms with Gasteiger partial charge in [-0.3, -0.25) is 9.59 Å². The van der Waals surface area contributed by atoms with Crippen molar-refractivity contribution in [1.82, 2.24) is 9.55 Å². The summed E-state index contributed by atoms with van der Waals surface area (Å²) >= 11 is 5.60. The van der Waals surface area contributed by atoms with Crippen molar-refractivity contribution in [2.75, 3.05) is 11.9 Å². The predicted molar refractivity (Wildman–Crippen MR) is 112 cm³/mol. The zero-order valence-electron chi connectivity index (χ0n) is 16.9. The van der Waals surface area contributed by atoms with Crippen LogP contribution >= 0.6 is 11.6 Å². The minimum atomic E-state index is -4.74. The number of aryl methyl sites for hydroxylation is 2. The third kappa shape index (κ3) is 4.91. The minimum Gasteiger partial charge on any atom is -0.452 e. The molecule has 1 N–H and O–H groups in total. The lowest BCUT2D eigenvalue weighted by Gasteiger charge is -2.14. The molecular weight excluding hydrogens is 451 g/mol. The van der Waals surface area contributed by atoms with Crippen LogP contribution in [0.25, 0.3) is 11.0 Å². The highest BCUT2D eigenvalue weighted by Gasteiger charge is 2.34. The van der Waals surface area contributed by atoms with Gasteiger partial charge in [-0.25, -0.2) is 9.78 Å². The smallest absolute Gasteiger partial charge is 0.418 e. The maximum absolute atomic E-state index is 13.1. The number of aromatic nitrogens is 2. The second-order valence-electron chi connectivity index (χ2n) is 6.76. The average Bonchev–Trinajstić information content (AvgIpc) is 2.73. The Balaban J connectivity index is 1.74. The van der Waals surface area contributed by atoms with E-state index in [0.29, 0.717) is 23.6 Å². The molecule has 0 radical (unpaired) electrons. The summed E-state index contributed by atoms with van der Waals surface area (Å²) in [5.41, 5.74) is -0.631. The molecule has 7 nitrogen and oxygen atoms in total. The van der Waals surface area contributed by atoms with E-state index in [1.54, 1.807) is 13.8 Å². The highest BCUT2D eigenvalue weighted by molar-refractivity contribution is 6.30. The van der Waals surface area contributed by atoms with Gasteiger partial charge in [0.1, 0.15) is 5.69 Å². The Morgan fingerprint density at radius 3 is 2.56 bits per heavy atom. The molecule has 0 bridgehead atoms. The molecule has 0 aliphatic heterocycles. The summed E-state index contributed by atoms with van der Waals surface area (Å²) in [6.07, 6.45) is -4.74. The number of ether oxygens (including phenoxy) is 1. The topological polar surface area (TPSA) is 90.3 Å². The number of carbonyl (C=O) groups excluding carboxylic acids is 2. The first-order valence-corrected chi connectivity index (χ1v) is 9.74. The second kappa shape index (κ2) is 8.99. The molecule has 0 unspecified atom stereocenters. The molecule has 1 aromatic heterocycles. The monoisotopic (exact) mass is 467 g/mol. The molecule has 168 valence electrons. The molecule has 0 aliphatic carbocycles. The predicted octanol–water partition coefficient (Wildman–Crippen LogP) is 4.19. The maximum Gasteiger partial charge on any atom is 0.418 e. The van der Waals surface area contributed by atoms with Crippen LogP contribution in [0.15, 0.2) is 41.2 Å². The average molecular weight is 468 g/mol. The molecule has 0 atom stereocenters. The molecule has 0 fully saturated rings. The molecule has 2 aromatic carbocycles. The van der Waals surface area contributed by atoms with Crippen LogP contribution in [-0.4, -0.2) is 28.0 Å². The minimum absolute atomic E-state index is 0.0703. The lowest BCUT2D eigenvalue weighted by atomic mass is 10.1. The molecule has 11 heteroatoms. The fourth-order valence-corrected chi connectivity index (χ4v) is 3.25. The van der Waals surface area contributed by atoms with Crippen molar-refractivity contribution in [3.8, 4) is 0 Å². The van der Waals surface area contributed by atoms with E-state index in [4.69, 9.17) is 16.3 Å². The lowest BCUT2D eigenvalue weighted by molar-refractivity contribution is -0.137. The number of benzene rings is 2. The van der Waals surface area contributed by atoms with E-state index in [1.165, 1.54) is 28.8 Å². The Bertz CT molecular complexity index is 1270. The van der Waals surface area contributed by atoms with E-state index in [0.717, 1.165) is 6.07 Å². The molecule has 32 heavy (non-hydrogen) atoms. The van der Waals surface area contributed by atoms with Gasteiger partial charge in [0.25, 0.3) is 11.5 Å². The van der Waals surface area contributed by atoms with Crippen LogP contribution in [0.1, 0.15) is 28.5 Å². The molecule has 0 saturated carbocycles. The molecule has 3 aromatic rings. The van der Waals surface area contributed by atoms with E-state index in [1.807, 2.05) is 0 Å². The van der Waals surface area contributed by atoms with Gasteiger partial charge in [0.05, 0.1) is 27.8 Å². The van der Waals surface area contributed by atoms with Gasteiger partial charge in [0.15, 0.2) is 6.61 Å². The van der Waals surface area contributed by atoms with Gasteiger partial charge in [-0.2, -0.15) is 13.2 Å². The van der Waals surface area contributed by atoms with Crippen LogP contribution in [0.3, 0.4) is 0 Å². The fraction of sp³-hybridized carbons (Fsp3) is 0.238. The molecular formula is C21H17ClF3N3O4. The summed E-state index contributed by atoms with van der Waals surface area (Å²) in [6.45, 7) is 2.95. The third-order valence-electron chi connectivity index (χ3n) is 4.56. The zero-order chi connectivity index (χ0) is 23.6. The first-order chi connectivity index (χ1) is 15.0. The quantitative estimate of drug-likeness (QED) is 0.568. The van der Waals surface area contributed by atoms with Gasteiger partial charge >= 0.3 is 12.1 Å². The fourth-order valence-electron chi connectivity index (χ4n) is 3.08. The number of anilines is 1. The Morgan fingerprint density at radius 2 is 1.91 bits per heavy atom. The van der Waals surface area contributed by atoms with Crippen molar-refractivity contribution >= 4 is 40.2 Å². The van der Waals surface area contributed by atoms with E-state index < -0.39 is 35.9 Å². The lowest BCUT2D eigenvalue weighted by Crippen LogP contribution is -2.24. The van der Waals surface area contributed by atoms with E-state index in [-0.39, 0.29) is 21.8 Å². The van der Waals surface area contributed by atoms with E-state index in [9.17, 15) is 27.6 Å². The van der Waals surface area contributed by atoms with Gasteiger partial charge < -0.3 is 14.6 Å². The number of hydrogen-bond acceptors (Lipinski definition) is 5. The number of halogens is 4. The molecule has 1 heterocycles. The molecule has 0 aliphatic rings. The summed E-state index contributed by atoms with van der Waals surface area (Å²) in [5, 5.41) is 1.92. The Morgan fingerprint density at radius 1 is 1.19 bits per heavy atom. The van der Waals surface area contributed by atoms with Crippen molar-refractivity contribution in [2.24, 2.45) is 0 Å². The van der Waals surface area contributed by atoms with Crippen LogP contribution in [0.4, 0.5) is 18.9 Å². The van der Waals surface area contributed by atoms with Crippen molar-refractivity contribution in [1.29, 1.82) is 0 Å². The molecule has 1 amide bonds. The number of carbonyl (C=O) groups is 2. The van der Waals surface area contributed by atoms with Crippen molar-refractivity contribution in [2.45, 2.75) is 26.6 Å². The second-order valence-corrected chi connectivity index (χ2v) is 7.20. The summed E-state index contributed by atoms with van der Waals surface area (Å²) in [7, 11) is 0. The highest BCUT2D eigenvalue weighted by atomic mass is 35.5. The van der Waals surface area contributed by atoms with Gasteiger partial charge in [0.2, 0.25) is 0 Å². The number of alkyl halides is 3. The first-order valence-electron chi connectivity index (χ1n) is 9.36. The highest BCUT2D eigenvalue weighted by Crippen LogP contribution is 2.36. The van der Waals surface area contributed by atoms with Crippen molar-refractivity contribution in [3.63, 3.8) is 0 Å². The van der Waals surface area contributed by atoms with Gasteiger partial charge in [-0.15, -0.1) is 0 Å². The number of nitrogens with one attached hydrogen (secondary N) is 1. The molecule has 0 spiro atoms. The van der Waals surface area contributed by atoms with Crippen LogP contribution < -0.4 is 10.9 Å². The van der Waals surface area contributed by atoms with Crippen molar-refractivity contribution < 1.29 is 27.5 Å². The van der Waals surface area contributed by atoms with Gasteiger partial charge in [-0.05, 0) is 50.2 Å². The molecule has 0 saturated heterocycles. The maximum atomic E-state index is 13.1. The Hall–Kier alpha value is -3.40. The van der Waals surface area contributed by atoms with Gasteiger partial charge in [0, 0.05) is 11.6 Å². The number of rotatable bonds is 5. The standard InChI is InChI=1S/C21H17ClF3N3O4/c1-3-28-17-7-4-12(8-16(17)26-11(2)19(28)30)20(31)32-10-18(29)27-15-6-5-13(22)9-14(15)21(23,24)25/h4-9H,3,10H2,1-2H3,(H,27,29). The van der Waals surface area contributed by atoms with Crippen molar-refractivity contribution in [3.05, 3.63) is 68.6 Å². The number of esters is 1. The van der Waals surface area contributed by atoms with E-state index >= 15 is 0 Å². The largest absolute Gasteiger partial charge is 0.452 e. The summed E-state index contributed by atoms with van der Waals surface area (Å²) in [6, 6.07) is 7.24. The van der Waals surface area contributed by atoms with Crippen LogP contribution in [0.5, 0.6) is 0 Å². The number of fused-ring (bicyclic) bond motifs is 1. The summed E-state index contributed by atoms with van der Waals surface area (Å²) < 4.78 is 45.8. The Labute approximate surface area is 184 Å². The first kappa shape index (κ1) is 23.3.